The molecule has 0 aromatic carbocycles. The van der Waals surface area contributed by atoms with Crippen molar-refractivity contribution in [3.05, 3.63) is 16.1 Å². The van der Waals surface area contributed by atoms with Gasteiger partial charge in [-0.3, -0.25) is 4.90 Å². The molecule has 1 aliphatic rings. The van der Waals surface area contributed by atoms with Crippen molar-refractivity contribution in [3.63, 3.8) is 0 Å². The Kier molecular flexibility index (Phi) is 3.85. The zero-order valence-electron chi connectivity index (χ0n) is 11.3. The Morgan fingerprint density at radius 1 is 1.53 bits per heavy atom. The van der Waals surface area contributed by atoms with Gasteiger partial charge < -0.3 is 5.32 Å². The molecule has 1 aliphatic heterocycles. The molecule has 0 radical (unpaired) electrons. The summed E-state index contributed by atoms with van der Waals surface area (Å²) in [6.45, 7) is 13.3. The van der Waals surface area contributed by atoms with Gasteiger partial charge in [-0.2, -0.15) is 0 Å². The largest absolute Gasteiger partial charge is 0.314 e. The van der Waals surface area contributed by atoms with Crippen LogP contribution in [0.25, 0.3) is 0 Å². The number of nitrogens with one attached hydrogen (secondary N) is 1. The van der Waals surface area contributed by atoms with Crippen LogP contribution in [0, 0.1) is 0 Å². The molecule has 1 saturated heterocycles. The van der Waals surface area contributed by atoms with Crippen LogP contribution in [-0.2, 0) is 12.0 Å². The number of thiazole rings is 1. The zero-order valence-corrected chi connectivity index (χ0v) is 12.1. The lowest BCUT2D eigenvalue weighted by Gasteiger charge is -2.33. The lowest BCUT2D eigenvalue weighted by molar-refractivity contribution is 0.165. The van der Waals surface area contributed by atoms with E-state index in [2.05, 4.69) is 43.3 Å². The smallest absolute Gasteiger partial charge is 0.107 e. The molecule has 4 heteroatoms. The van der Waals surface area contributed by atoms with E-state index in [9.17, 15) is 0 Å². The van der Waals surface area contributed by atoms with Gasteiger partial charge in [0, 0.05) is 36.5 Å². The number of aromatic nitrogens is 1. The highest BCUT2D eigenvalue weighted by Gasteiger charge is 2.21. The monoisotopic (exact) mass is 253 g/mol. The van der Waals surface area contributed by atoms with Gasteiger partial charge in [0.25, 0.3) is 0 Å². The van der Waals surface area contributed by atoms with E-state index in [1.807, 2.05) is 0 Å². The Morgan fingerprint density at radius 2 is 2.29 bits per heavy atom. The number of hydrogen-bond acceptors (Lipinski definition) is 4. The predicted octanol–water partition coefficient (Wildman–Crippen LogP) is 2.23. The first-order valence-corrected chi connectivity index (χ1v) is 7.24. The van der Waals surface area contributed by atoms with E-state index in [0.29, 0.717) is 6.04 Å². The number of hydrogen-bond donors (Lipinski definition) is 1. The molecule has 0 amide bonds. The van der Waals surface area contributed by atoms with Crippen LogP contribution in [0.4, 0.5) is 0 Å². The van der Waals surface area contributed by atoms with Crippen molar-refractivity contribution in [2.24, 2.45) is 0 Å². The molecule has 1 aromatic heterocycles. The van der Waals surface area contributed by atoms with Crippen LogP contribution in [0.3, 0.4) is 0 Å². The van der Waals surface area contributed by atoms with Crippen molar-refractivity contribution < 1.29 is 0 Å². The fourth-order valence-corrected chi connectivity index (χ4v) is 3.07. The fraction of sp³-hybridized carbons (Fsp3) is 0.769. The van der Waals surface area contributed by atoms with E-state index in [4.69, 9.17) is 4.98 Å². The summed E-state index contributed by atoms with van der Waals surface area (Å²) in [4.78, 5) is 7.28. The van der Waals surface area contributed by atoms with Crippen molar-refractivity contribution in [1.82, 2.24) is 15.2 Å². The van der Waals surface area contributed by atoms with E-state index in [-0.39, 0.29) is 5.41 Å². The molecular weight excluding hydrogens is 230 g/mol. The molecule has 0 saturated carbocycles. The maximum atomic E-state index is 4.77. The lowest BCUT2D eigenvalue weighted by Crippen LogP contribution is -2.49. The maximum absolute atomic E-state index is 4.77. The Hall–Kier alpha value is -0.450. The number of nitrogens with zero attached hydrogens (tertiary/aromatic N) is 2. The van der Waals surface area contributed by atoms with Crippen molar-refractivity contribution in [2.75, 3.05) is 19.6 Å². The maximum Gasteiger partial charge on any atom is 0.107 e. The van der Waals surface area contributed by atoms with Gasteiger partial charge in [0.05, 0.1) is 12.2 Å². The molecule has 0 spiro atoms. The van der Waals surface area contributed by atoms with E-state index < -0.39 is 0 Å². The first kappa shape index (κ1) is 13.0. The van der Waals surface area contributed by atoms with Crippen molar-refractivity contribution in [3.8, 4) is 0 Å². The van der Waals surface area contributed by atoms with E-state index in [0.717, 1.165) is 26.2 Å². The quantitative estimate of drug-likeness (QED) is 0.876. The van der Waals surface area contributed by atoms with Crippen LogP contribution < -0.4 is 5.32 Å². The molecule has 1 fully saturated rings. The molecule has 1 unspecified atom stereocenters. The Morgan fingerprint density at radius 3 is 2.88 bits per heavy atom. The molecule has 0 bridgehead atoms. The average Bonchev–Trinajstić information content (AvgIpc) is 2.69. The first-order chi connectivity index (χ1) is 7.97. The summed E-state index contributed by atoms with van der Waals surface area (Å²) in [5.74, 6) is 0. The second kappa shape index (κ2) is 5.04. The minimum Gasteiger partial charge on any atom is -0.314 e. The standard InChI is InChI=1S/C13H23N3S/c1-10-7-14-5-6-16(10)8-12-15-11(9-17-12)13(2,3)4/h9-10,14H,5-8H2,1-4H3. The summed E-state index contributed by atoms with van der Waals surface area (Å²) in [6, 6.07) is 0.616. The Balaban J connectivity index is 2.01. The summed E-state index contributed by atoms with van der Waals surface area (Å²) in [6.07, 6.45) is 0. The van der Waals surface area contributed by atoms with E-state index >= 15 is 0 Å². The predicted molar refractivity (Wildman–Crippen MR) is 73.6 cm³/mol. The third kappa shape index (κ3) is 3.27. The highest BCUT2D eigenvalue weighted by molar-refractivity contribution is 7.09. The van der Waals surface area contributed by atoms with Gasteiger partial charge >= 0.3 is 0 Å². The molecule has 3 nitrogen and oxygen atoms in total. The SMILES string of the molecule is CC1CNCCN1Cc1nc(C(C)(C)C)cs1. The van der Waals surface area contributed by atoms with E-state index in [1.54, 1.807) is 11.3 Å². The lowest BCUT2D eigenvalue weighted by atomic mass is 9.93. The molecule has 96 valence electrons. The van der Waals surface area contributed by atoms with Crippen LogP contribution in [-0.4, -0.2) is 35.6 Å². The van der Waals surface area contributed by atoms with Gasteiger partial charge in [-0.25, -0.2) is 4.98 Å². The molecule has 1 aromatic rings. The van der Waals surface area contributed by atoms with Crippen LogP contribution in [0.5, 0.6) is 0 Å². The Bertz CT molecular complexity index is 367. The van der Waals surface area contributed by atoms with Gasteiger partial charge in [0.1, 0.15) is 5.01 Å². The van der Waals surface area contributed by atoms with Gasteiger partial charge in [0.2, 0.25) is 0 Å². The molecule has 1 atom stereocenters. The third-order valence-electron chi connectivity index (χ3n) is 3.30. The summed E-state index contributed by atoms with van der Waals surface area (Å²) in [7, 11) is 0. The van der Waals surface area contributed by atoms with Crippen molar-refractivity contribution in [1.29, 1.82) is 0 Å². The van der Waals surface area contributed by atoms with Crippen molar-refractivity contribution >= 4 is 11.3 Å². The third-order valence-corrected chi connectivity index (χ3v) is 4.13. The summed E-state index contributed by atoms with van der Waals surface area (Å²) >= 11 is 1.80. The zero-order chi connectivity index (χ0) is 12.5. The summed E-state index contributed by atoms with van der Waals surface area (Å²) in [5, 5.41) is 6.88. The fourth-order valence-electron chi connectivity index (χ4n) is 2.02. The normalized spacial score (nSPS) is 22.9. The van der Waals surface area contributed by atoms with Crippen LogP contribution in [0.15, 0.2) is 5.38 Å². The molecular formula is C13H23N3S. The number of piperazine rings is 1. The minimum atomic E-state index is 0.170. The van der Waals surface area contributed by atoms with Gasteiger partial charge in [-0.15, -0.1) is 11.3 Å². The number of rotatable bonds is 2. The van der Waals surface area contributed by atoms with Crippen LogP contribution >= 0.6 is 11.3 Å². The second-order valence-electron chi connectivity index (χ2n) is 5.90. The Labute approximate surface area is 108 Å². The van der Waals surface area contributed by atoms with Gasteiger partial charge in [0.15, 0.2) is 0 Å². The first-order valence-electron chi connectivity index (χ1n) is 6.36. The van der Waals surface area contributed by atoms with Gasteiger partial charge in [-0.1, -0.05) is 20.8 Å². The molecule has 1 N–H and O–H groups in total. The molecule has 17 heavy (non-hydrogen) atoms. The van der Waals surface area contributed by atoms with Crippen molar-refractivity contribution in [2.45, 2.75) is 45.7 Å². The topological polar surface area (TPSA) is 28.2 Å². The summed E-state index contributed by atoms with van der Waals surface area (Å²) in [5.41, 5.74) is 1.39. The minimum absolute atomic E-state index is 0.170. The van der Waals surface area contributed by atoms with Crippen LogP contribution in [0.1, 0.15) is 38.4 Å². The highest BCUT2D eigenvalue weighted by atomic mass is 32.1. The van der Waals surface area contributed by atoms with Gasteiger partial charge in [-0.05, 0) is 6.92 Å². The average molecular weight is 253 g/mol. The van der Waals surface area contributed by atoms with E-state index in [1.165, 1.54) is 10.7 Å². The molecule has 2 heterocycles. The highest BCUT2D eigenvalue weighted by Crippen LogP contribution is 2.24. The van der Waals surface area contributed by atoms with Crippen LogP contribution in [0.2, 0.25) is 0 Å². The summed E-state index contributed by atoms with van der Waals surface area (Å²) < 4.78 is 0. The molecule has 2 rings (SSSR count). The molecule has 0 aliphatic carbocycles. The second-order valence-corrected chi connectivity index (χ2v) is 6.84.